The van der Waals surface area contributed by atoms with Crippen LogP contribution >= 0.6 is 0 Å². The van der Waals surface area contributed by atoms with Crippen LogP contribution in [0, 0.1) is 17.3 Å². The van der Waals surface area contributed by atoms with E-state index in [4.69, 9.17) is 0 Å². The van der Waals surface area contributed by atoms with Crippen molar-refractivity contribution in [3.05, 3.63) is 18.7 Å². The summed E-state index contributed by atoms with van der Waals surface area (Å²) in [5.41, 5.74) is 0.231. The number of amides is 2. The first-order valence-corrected chi connectivity index (χ1v) is 9.78. The van der Waals surface area contributed by atoms with E-state index in [2.05, 4.69) is 36.4 Å². The predicted molar refractivity (Wildman–Crippen MR) is 102 cm³/mol. The van der Waals surface area contributed by atoms with Gasteiger partial charge in [0.25, 0.3) is 0 Å². The molecular weight excluding hydrogens is 328 g/mol. The minimum atomic E-state index is -0.0614. The average Bonchev–Trinajstić information content (AvgIpc) is 3.04. The first-order valence-electron chi connectivity index (χ1n) is 9.78. The fourth-order valence-electron chi connectivity index (χ4n) is 4.18. The molecule has 1 heterocycles. The molecule has 1 fully saturated rings. The maximum Gasteiger partial charge on any atom is 0.223 e. The Morgan fingerprint density at radius 1 is 1.35 bits per heavy atom. The minimum absolute atomic E-state index is 0.0271. The van der Waals surface area contributed by atoms with Gasteiger partial charge in [-0.3, -0.25) is 9.59 Å². The standard InChI is InChI=1S/C20H34N4O2/c1-15-10-17(12-20(3,4)11-15)19(26)22-13-16(2)23-18(25)6-5-8-24-9-7-21-14-24/h7,9,14-17H,5-6,8,10-13H2,1-4H3,(H,22,26)(H,23,25)/t15-,16-,17+/m0/s1. The molecule has 2 N–H and O–H groups in total. The Morgan fingerprint density at radius 2 is 2.12 bits per heavy atom. The third kappa shape index (κ3) is 6.81. The first kappa shape index (κ1) is 20.5. The Kier molecular flexibility index (Phi) is 7.23. The molecule has 6 heteroatoms. The molecule has 0 saturated heterocycles. The van der Waals surface area contributed by atoms with Gasteiger partial charge in [0, 0.05) is 43.9 Å². The highest BCUT2D eigenvalue weighted by molar-refractivity contribution is 5.79. The number of hydrogen-bond donors (Lipinski definition) is 2. The molecule has 1 aromatic rings. The van der Waals surface area contributed by atoms with Gasteiger partial charge in [-0.1, -0.05) is 20.8 Å². The summed E-state index contributed by atoms with van der Waals surface area (Å²) in [7, 11) is 0. The smallest absolute Gasteiger partial charge is 0.223 e. The van der Waals surface area contributed by atoms with E-state index in [9.17, 15) is 9.59 Å². The van der Waals surface area contributed by atoms with E-state index in [1.165, 1.54) is 6.42 Å². The second-order valence-corrected chi connectivity index (χ2v) is 8.73. The molecule has 1 aromatic heterocycles. The number of aromatic nitrogens is 2. The van der Waals surface area contributed by atoms with E-state index < -0.39 is 0 Å². The monoisotopic (exact) mass is 362 g/mol. The fraction of sp³-hybridized carbons (Fsp3) is 0.750. The molecule has 1 saturated carbocycles. The van der Waals surface area contributed by atoms with Crippen LogP contribution in [0.25, 0.3) is 0 Å². The molecule has 26 heavy (non-hydrogen) atoms. The third-order valence-electron chi connectivity index (χ3n) is 5.13. The van der Waals surface area contributed by atoms with Gasteiger partial charge >= 0.3 is 0 Å². The number of nitrogens with zero attached hydrogens (tertiary/aromatic N) is 2. The molecule has 146 valence electrons. The summed E-state index contributed by atoms with van der Waals surface area (Å²) in [6, 6.07) is -0.0614. The summed E-state index contributed by atoms with van der Waals surface area (Å²) in [5.74, 6) is 0.832. The molecule has 0 aromatic carbocycles. The molecule has 0 spiro atoms. The number of aryl methyl sites for hydroxylation is 1. The quantitative estimate of drug-likeness (QED) is 0.746. The predicted octanol–water partition coefficient (Wildman–Crippen LogP) is 2.75. The van der Waals surface area contributed by atoms with Crippen LogP contribution in [0.2, 0.25) is 0 Å². The molecular formula is C20H34N4O2. The van der Waals surface area contributed by atoms with Crippen molar-refractivity contribution in [3.63, 3.8) is 0 Å². The van der Waals surface area contributed by atoms with Crippen molar-refractivity contribution < 1.29 is 9.59 Å². The lowest BCUT2D eigenvalue weighted by atomic mass is 9.68. The molecule has 0 unspecified atom stereocenters. The average molecular weight is 363 g/mol. The number of carbonyl (C=O) groups is 2. The van der Waals surface area contributed by atoms with Crippen LogP contribution in [-0.2, 0) is 16.1 Å². The van der Waals surface area contributed by atoms with E-state index in [1.807, 2.05) is 17.7 Å². The summed E-state index contributed by atoms with van der Waals surface area (Å²) in [6.07, 6.45) is 9.72. The van der Waals surface area contributed by atoms with Gasteiger partial charge in [0.05, 0.1) is 6.33 Å². The van der Waals surface area contributed by atoms with Crippen molar-refractivity contribution in [1.29, 1.82) is 0 Å². The van der Waals surface area contributed by atoms with Gasteiger partial charge in [-0.05, 0) is 43.9 Å². The van der Waals surface area contributed by atoms with Crippen molar-refractivity contribution in [3.8, 4) is 0 Å². The van der Waals surface area contributed by atoms with E-state index in [0.29, 0.717) is 18.9 Å². The van der Waals surface area contributed by atoms with Crippen molar-refractivity contribution in [2.45, 2.75) is 72.4 Å². The normalized spacial score (nSPS) is 23.2. The molecule has 2 rings (SSSR count). The van der Waals surface area contributed by atoms with Gasteiger partial charge in [0.1, 0.15) is 0 Å². The number of hydrogen-bond acceptors (Lipinski definition) is 3. The first-order chi connectivity index (χ1) is 12.2. The summed E-state index contributed by atoms with van der Waals surface area (Å²) in [5, 5.41) is 5.99. The third-order valence-corrected chi connectivity index (χ3v) is 5.13. The molecule has 6 nitrogen and oxygen atoms in total. The minimum Gasteiger partial charge on any atom is -0.354 e. The van der Waals surface area contributed by atoms with E-state index in [0.717, 1.165) is 25.8 Å². The van der Waals surface area contributed by atoms with E-state index >= 15 is 0 Å². The lowest BCUT2D eigenvalue weighted by Crippen LogP contribution is -2.45. The number of nitrogens with one attached hydrogen (secondary N) is 2. The van der Waals surface area contributed by atoms with Gasteiger partial charge in [0.15, 0.2) is 0 Å². The zero-order valence-electron chi connectivity index (χ0n) is 16.6. The summed E-state index contributed by atoms with van der Waals surface area (Å²) in [4.78, 5) is 28.5. The molecule has 3 atom stereocenters. The second-order valence-electron chi connectivity index (χ2n) is 8.73. The van der Waals surface area contributed by atoms with Gasteiger partial charge in [-0.2, -0.15) is 0 Å². The van der Waals surface area contributed by atoms with Crippen LogP contribution in [0.1, 0.15) is 59.8 Å². The van der Waals surface area contributed by atoms with Crippen molar-refractivity contribution in [1.82, 2.24) is 20.2 Å². The topological polar surface area (TPSA) is 76.0 Å². The fourth-order valence-corrected chi connectivity index (χ4v) is 4.18. The lowest BCUT2D eigenvalue weighted by molar-refractivity contribution is -0.128. The maximum atomic E-state index is 12.5. The van der Waals surface area contributed by atoms with Crippen LogP contribution in [-0.4, -0.2) is 34.0 Å². The van der Waals surface area contributed by atoms with Gasteiger partial charge in [-0.25, -0.2) is 4.98 Å². The van der Waals surface area contributed by atoms with E-state index in [-0.39, 0.29) is 29.2 Å². The van der Waals surface area contributed by atoms with E-state index in [1.54, 1.807) is 12.5 Å². The van der Waals surface area contributed by atoms with Crippen LogP contribution in [0.3, 0.4) is 0 Å². The Balaban J connectivity index is 1.64. The Labute approximate surface area is 157 Å². The molecule has 1 aliphatic rings. The Bertz CT molecular complexity index is 583. The summed E-state index contributed by atoms with van der Waals surface area (Å²) >= 11 is 0. The molecule has 2 amide bonds. The van der Waals surface area contributed by atoms with Crippen LogP contribution in [0.15, 0.2) is 18.7 Å². The van der Waals surface area contributed by atoms with Crippen LogP contribution in [0.4, 0.5) is 0 Å². The van der Waals surface area contributed by atoms with Gasteiger partial charge in [-0.15, -0.1) is 0 Å². The Hall–Kier alpha value is -1.85. The maximum absolute atomic E-state index is 12.5. The molecule has 0 bridgehead atoms. The highest BCUT2D eigenvalue weighted by Crippen LogP contribution is 2.41. The number of carbonyl (C=O) groups excluding carboxylic acids is 2. The number of imidazole rings is 1. The summed E-state index contributed by atoms with van der Waals surface area (Å²) in [6.45, 7) is 9.92. The largest absolute Gasteiger partial charge is 0.354 e. The van der Waals surface area contributed by atoms with Crippen LogP contribution < -0.4 is 10.6 Å². The van der Waals surface area contributed by atoms with Crippen molar-refractivity contribution in [2.24, 2.45) is 17.3 Å². The lowest BCUT2D eigenvalue weighted by Gasteiger charge is -2.38. The zero-order chi connectivity index (χ0) is 19.2. The van der Waals surface area contributed by atoms with Crippen LogP contribution in [0.5, 0.6) is 0 Å². The van der Waals surface area contributed by atoms with Gasteiger partial charge in [0.2, 0.25) is 11.8 Å². The molecule has 0 radical (unpaired) electrons. The zero-order valence-corrected chi connectivity index (χ0v) is 16.6. The Morgan fingerprint density at radius 3 is 2.77 bits per heavy atom. The highest BCUT2D eigenvalue weighted by Gasteiger charge is 2.35. The highest BCUT2D eigenvalue weighted by atomic mass is 16.2. The second kappa shape index (κ2) is 9.19. The molecule has 0 aliphatic heterocycles. The molecule has 1 aliphatic carbocycles. The van der Waals surface area contributed by atoms with Gasteiger partial charge < -0.3 is 15.2 Å². The number of rotatable bonds is 8. The summed E-state index contributed by atoms with van der Waals surface area (Å²) < 4.78 is 1.96. The SMILES string of the molecule is C[C@H]1C[C@@H](C(=O)NC[C@H](C)NC(=O)CCCn2ccnc2)CC(C)(C)C1. The van der Waals surface area contributed by atoms with Crippen molar-refractivity contribution in [2.75, 3.05) is 6.54 Å². The van der Waals surface area contributed by atoms with Crippen molar-refractivity contribution >= 4 is 11.8 Å².